The van der Waals surface area contributed by atoms with Crippen LogP contribution in [0.2, 0.25) is 0 Å². The topological polar surface area (TPSA) is 320 Å². The van der Waals surface area contributed by atoms with E-state index in [-0.39, 0.29) is 17.0 Å². The molecule has 2 saturated heterocycles. The number of pyridine rings is 1. The van der Waals surface area contributed by atoms with Crippen LogP contribution in [0.3, 0.4) is 0 Å². The molecule has 5 heterocycles. The van der Waals surface area contributed by atoms with Gasteiger partial charge in [0.2, 0.25) is 11.7 Å². The summed E-state index contributed by atoms with van der Waals surface area (Å²) in [5.41, 5.74) is 11.6. The zero-order valence-electron chi connectivity index (χ0n) is 22.3. The predicted octanol–water partition coefficient (Wildman–Crippen LogP) is -3.60. The molecule has 0 bridgehead atoms. The highest BCUT2D eigenvalue weighted by Gasteiger charge is 2.50. The molecule has 2 aliphatic heterocycles. The number of primary amides is 1. The second kappa shape index (κ2) is 12.4. The molecule has 240 valence electrons. The van der Waals surface area contributed by atoms with E-state index in [4.69, 9.17) is 25.5 Å². The Hall–Kier alpha value is -3.01. The normalized spacial score (nSPS) is 31.6. The van der Waals surface area contributed by atoms with Crippen LogP contribution < -0.4 is 20.6 Å². The Labute approximate surface area is 246 Å². The Morgan fingerprint density at radius 2 is 1.57 bits per heavy atom. The van der Waals surface area contributed by atoms with Crippen LogP contribution in [-0.4, -0.2) is 101 Å². The first-order chi connectivity index (χ1) is 20.7. The van der Waals surface area contributed by atoms with Gasteiger partial charge in [0.1, 0.15) is 36.1 Å². The largest absolute Gasteiger partial charge is 0.481 e. The van der Waals surface area contributed by atoms with Crippen molar-refractivity contribution in [1.29, 1.82) is 0 Å². The number of hydrogen-bond acceptors (Lipinski definition) is 15. The lowest BCUT2D eigenvalue weighted by molar-refractivity contribution is -0.765. The van der Waals surface area contributed by atoms with E-state index in [2.05, 4.69) is 23.8 Å². The quantitative estimate of drug-likeness (QED) is 0.0705. The van der Waals surface area contributed by atoms with Crippen molar-refractivity contribution >= 4 is 38.5 Å². The number of ether oxygens (including phenoxy) is 2. The van der Waals surface area contributed by atoms with Gasteiger partial charge in [-0.15, -0.1) is 0 Å². The highest BCUT2D eigenvalue weighted by molar-refractivity contribution is 7.61. The third-order valence-electron chi connectivity index (χ3n) is 6.81. The van der Waals surface area contributed by atoms with Gasteiger partial charge in [-0.3, -0.25) is 18.8 Å². The number of aromatic amines is 1. The monoisotopic (exact) mass is 665 g/mol. The van der Waals surface area contributed by atoms with Crippen molar-refractivity contribution in [3.05, 3.63) is 42.7 Å². The number of fused-ring (bicyclic) bond motifs is 1. The molecule has 23 heteroatoms. The third kappa shape index (κ3) is 6.65. The van der Waals surface area contributed by atoms with Gasteiger partial charge in [-0.05, 0) is 6.07 Å². The standard InChI is InChI=1S/C21H27N7O14P2/c22-17-12-19(25-7-24-17)28(8-26-12)21-16(32)14(30)11(41-21)6-39-44(36,37)42-43(34,35)38-5-10-13(29)15(31)20(40-10)27-3-1-2-9(4-27)18(23)33/h1-4,7-8,10-11,13-16,20-21,29-32H,5-6H2,(H5-,22,23,24,25,33,34,35,36,37)/p+2/t10-,11-,13-,14-,15+,16+,20+,21+/m0/s1. The van der Waals surface area contributed by atoms with Crippen molar-refractivity contribution in [2.75, 3.05) is 18.9 Å². The smallest absolute Gasteiger partial charge is 0.387 e. The zero-order valence-corrected chi connectivity index (χ0v) is 24.1. The molecule has 2 unspecified atom stereocenters. The van der Waals surface area contributed by atoms with E-state index in [0.29, 0.717) is 5.52 Å². The number of nitrogens with zero attached hydrogens (tertiary/aromatic N) is 4. The first-order valence-corrected chi connectivity index (χ1v) is 15.6. The first kappa shape index (κ1) is 32.4. The fourth-order valence-electron chi connectivity index (χ4n) is 4.63. The maximum absolute atomic E-state index is 12.4. The molecule has 10 atom stereocenters. The van der Waals surface area contributed by atoms with Gasteiger partial charge < -0.3 is 51.2 Å². The van der Waals surface area contributed by atoms with Crippen LogP contribution in [0.25, 0.3) is 11.2 Å². The number of H-pyrrole nitrogens is 1. The van der Waals surface area contributed by atoms with Crippen molar-refractivity contribution in [1.82, 2.24) is 15.0 Å². The van der Waals surface area contributed by atoms with Crippen LogP contribution in [0.1, 0.15) is 22.8 Å². The van der Waals surface area contributed by atoms with E-state index in [0.717, 1.165) is 6.33 Å². The number of amides is 1. The molecule has 5 rings (SSSR count). The van der Waals surface area contributed by atoms with Crippen molar-refractivity contribution in [3.63, 3.8) is 0 Å². The van der Waals surface area contributed by atoms with E-state index >= 15 is 0 Å². The van der Waals surface area contributed by atoms with Gasteiger partial charge in [-0.25, -0.2) is 13.7 Å². The Balaban J connectivity index is 1.16. The van der Waals surface area contributed by atoms with Crippen LogP contribution in [0.5, 0.6) is 0 Å². The Kier molecular flexibility index (Phi) is 9.13. The highest BCUT2D eigenvalue weighted by atomic mass is 31.3. The fraction of sp³-hybridized carbons (Fsp3) is 0.476. The molecule has 0 aromatic carbocycles. The summed E-state index contributed by atoms with van der Waals surface area (Å²) in [5.74, 6) is -0.658. The first-order valence-electron chi connectivity index (χ1n) is 12.7. The van der Waals surface area contributed by atoms with Crippen molar-refractivity contribution < 1.29 is 76.1 Å². The number of anilines is 1. The molecular formula is C21H29N7O14P2+2. The molecule has 2 fully saturated rings. The van der Waals surface area contributed by atoms with Gasteiger partial charge >= 0.3 is 21.3 Å². The van der Waals surface area contributed by atoms with Crippen LogP contribution >= 0.6 is 15.6 Å². The number of aromatic nitrogens is 5. The van der Waals surface area contributed by atoms with Gasteiger partial charge in [0.05, 0.1) is 13.2 Å². The van der Waals surface area contributed by atoms with E-state index in [9.17, 15) is 44.1 Å². The summed E-state index contributed by atoms with van der Waals surface area (Å²) in [6.07, 6.45) is -6.61. The third-order valence-corrected chi connectivity index (χ3v) is 9.41. The molecular weight excluding hydrogens is 636 g/mol. The Morgan fingerprint density at radius 3 is 2.18 bits per heavy atom. The lowest BCUT2D eigenvalue weighted by atomic mass is 10.1. The minimum atomic E-state index is -5.36. The molecule has 0 radical (unpaired) electrons. The van der Waals surface area contributed by atoms with Crippen molar-refractivity contribution in [2.24, 2.45) is 5.73 Å². The lowest BCUT2D eigenvalue weighted by Crippen LogP contribution is -2.46. The van der Waals surface area contributed by atoms with Crippen LogP contribution in [0.4, 0.5) is 5.82 Å². The molecule has 0 spiro atoms. The number of hydrogen-bond donors (Lipinski definition) is 9. The van der Waals surface area contributed by atoms with Crippen LogP contribution in [-0.2, 0) is 32.0 Å². The molecule has 0 aliphatic carbocycles. The zero-order chi connectivity index (χ0) is 32.0. The molecule has 21 nitrogen and oxygen atoms in total. The van der Waals surface area contributed by atoms with Gasteiger partial charge in [-0.2, -0.15) is 13.9 Å². The summed E-state index contributed by atoms with van der Waals surface area (Å²) < 4.78 is 52.1. The summed E-state index contributed by atoms with van der Waals surface area (Å²) in [6.45, 7) is -1.78. The van der Waals surface area contributed by atoms with E-state index < -0.39 is 83.8 Å². The fourth-order valence-corrected chi connectivity index (χ4v) is 6.72. The lowest BCUT2D eigenvalue weighted by Gasteiger charge is -2.20. The summed E-state index contributed by atoms with van der Waals surface area (Å²) in [7, 11) is -10.7. The summed E-state index contributed by atoms with van der Waals surface area (Å²) >= 11 is 0. The number of rotatable bonds is 11. The maximum atomic E-state index is 12.4. The second-order valence-corrected chi connectivity index (χ2v) is 12.8. The number of phosphoric acid groups is 2. The number of imidazole rings is 1. The number of carbonyl (C=O) groups is 1. The van der Waals surface area contributed by atoms with Gasteiger partial charge in [0, 0.05) is 6.07 Å². The van der Waals surface area contributed by atoms with Crippen molar-refractivity contribution in [3.8, 4) is 0 Å². The molecule has 44 heavy (non-hydrogen) atoms. The average molecular weight is 665 g/mol. The molecule has 2 aliphatic rings. The number of carbonyl (C=O) groups excluding carboxylic acids is 1. The minimum Gasteiger partial charge on any atom is -0.387 e. The molecule has 3 aromatic heterocycles. The Morgan fingerprint density at radius 1 is 0.977 bits per heavy atom. The number of aliphatic hydroxyl groups excluding tert-OH is 4. The van der Waals surface area contributed by atoms with Crippen molar-refractivity contribution in [2.45, 2.75) is 49.1 Å². The second-order valence-electron chi connectivity index (χ2n) is 9.75. The van der Waals surface area contributed by atoms with E-state index in [1.165, 1.54) is 40.0 Å². The average Bonchev–Trinajstić information content (AvgIpc) is 3.61. The van der Waals surface area contributed by atoms with E-state index in [1.807, 2.05) is 0 Å². The SMILES string of the molecule is NC(=O)c1ccc[n+]([C@@H]2O[C@@H](COP(=O)(O)OP(=O)(O)OC[C@@H]3O[C@@H]([n+]4c[nH]c5c(N)ncnc54)[C@H](O)[C@H]3O)[C@H](O)[C@H]2O)c1. The minimum absolute atomic E-state index is 0.0708. The van der Waals surface area contributed by atoms with Crippen LogP contribution in [0, 0.1) is 0 Å². The maximum Gasteiger partial charge on any atom is 0.481 e. The highest BCUT2D eigenvalue weighted by Crippen LogP contribution is 2.60. The summed E-state index contributed by atoms with van der Waals surface area (Å²) in [5, 5.41) is 41.6. The van der Waals surface area contributed by atoms with Gasteiger partial charge in [0.15, 0.2) is 37.0 Å². The number of aliphatic hydroxyl groups is 4. The van der Waals surface area contributed by atoms with E-state index in [1.54, 1.807) is 0 Å². The molecule has 11 N–H and O–H groups in total. The summed E-state index contributed by atoms with van der Waals surface area (Å²) in [4.78, 5) is 42.1. The predicted molar refractivity (Wildman–Crippen MR) is 138 cm³/mol. The molecule has 1 amide bonds. The summed E-state index contributed by atoms with van der Waals surface area (Å²) in [6, 6.07) is 2.84. The van der Waals surface area contributed by atoms with Crippen LogP contribution in [0.15, 0.2) is 37.2 Å². The van der Waals surface area contributed by atoms with Gasteiger partial charge in [0.25, 0.3) is 12.1 Å². The number of nitrogens with two attached hydrogens (primary N) is 2. The molecule has 3 aromatic rings. The number of nitrogens with one attached hydrogen (secondary N) is 1. The number of phosphoric ester groups is 2. The Bertz CT molecular complexity index is 1630. The number of nitrogen functional groups attached to an aromatic ring is 1. The van der Waals surface area contributed by atoms with Gasteiger partial charge in [-0.1, -0.05) is 4.98 Å². The molecule has 0 saturated carbocycles.